The van der Waals surface area contributed by atoms with Crippen molar-refractivity contribution < 1.29 is 4.74 Å². The molecule has 0 bridgehead atoms. The molecule has 2 aromatic rings. The fourth-order valence-corrected chi connectivity index (χ4v) is 1.82. The second-order valence-corrected chi connectivity index (χ2v) is 4.17. The van der Waals surface area contributed by atoms with Crippen LogP contribution in [0.25, 0.3) is 11.6 Å². The maximum atomic E-state index is 5.39. The highest BCUT2D eigenvalue weighted by Crippen LogP contribution is 2.17. The van der Waals surface area contributed by atoms with E-state index >= 15 is 0 Å². The Kier molecular flexibility index (Phi) is 4.86. The molecule has 0 saturated carbocycles. The van der Waals surface area contributed by atoms with Gasteiger partial charge in [0.2, 0.25) is 11.8 Å². The van der Waals surface area contributed by atoms with Crippen molar-refractivity contribution in [1.82, 2.24) is 24.5 Å². The molecule has 0 amide bonds. The van der Waals surface area contributed by atoms with Crippen LogP contribution in [0.3, 0.4) is 0 Å². The van der Waals surface area contributed by atoms with Crippen LogP contribution in [0, 0.1) is 0 Å². The van der Waals surface area contributed by atoms with E-state index in [1.165, 1.54) is 0 Å². The van der Waals surface area contributed by atoms with Crippen LogP contribution in [0.1, 0.15) is 27.2 Å². The molecule has 0 atom stereocenters. The predicted molar refractivity (Wildman–Crippen MR) is 76.7 cm³/mol. The summed E-state index contributed by atoms with van der Waals surface area (Å²) in [7, 11) is 0. The molecule has 0 unspecified atom stereocenters. The van der Waals surface area contributed by atoms with E-state index in [0.717, 1.165) is 25.3 Å². The number of anilines is 1. The van der Waals surface area contributed by atoms with Gasteiger partial charge in [-0.05, 0) is 20.3 Å². The smallest absolute Gasteiger partial charge is 0.321 e. The van der Waals surface area contributed by atoms with Crippen molar-refractivity contribution in [1.29, 1.82) is 0 Å². The lowest BCUT2D eigenvalue weighted by molar-refractivity contribution is 0.312. The fraction of sp³-hybridized carbons (Fsp3) is 0.538. The van der Waals surface area contributed by atoms with Gasteiger partial charge in [-0.15, -0.1) is 0 Å². The Labute approximate surface area is 118 Å². The largest absolute Gasteiger partial charge is 0.464 e. The summed E-state index contributed by atoms with van der Waals surface area (Å²) in [5.41, 5.74) is 0. The molecule has 0 fully saturated rings. The van der Waals surface area contributed by atoms with Crippen LogP contribution in [0.5, 0.6) is 6.01 Å². The number of hydrogen-bond donors (Lipinski definition) is 1. The zero-order valence-corrected chi connectivity index (χ0v) is 12.1. The van der Waals surface area contributed by atoms with Gasteiger partial charge in [-0.1, -0.05) is 6.92 Å². The Bertz CT molecular complexity index is 529. The van der Waals surface area contributed by atoms with Crippen molar-refractivity contribution in [2.75, 3.05) is 18.5 Å². The summed E-state index contributed by atoms with van der Waals surface area (Å²) < 4.78 is 7.42. The Hall–Kier alpha value is -2.18. The average Bonchev–Trinajstić information content (AvgIpc) is 2.88. The third-order valence-corrected chi connectivity index (χ3v) is 2.60. The van der Waals surface area contributed by atoms with E-state index in [1.54, 1.807) is 6.20 Å². The fourth-order valence-electron chi connectivity index (χ4n) is 1.82. The highest BCUT2D eigenvalue weighted by atomic mass is 16.5. The van der Waals surface area contributed by atoms with E-state index in [1.807, 2.05) is 24.6 Å². The van der Waals surface area contributed by atoms with Gasteiger partial charge < -0.3 is 14.6 Å². The minimum absolute atomic E-state index is 0.319. The van der Waals surface area contributed by atoms with E-state index in [4.69, 9.17) is 4.74 Å². The Morgan fingerprint density at radius 3 is 2.75 bits per heavy atom. The molecule has 7 nitrogen and oxygen atoms in total. The summed E-state index contributed by atoms with van der Waals surface area (Å²) >= 11 is 0. The minimum atomic E-state index is 0.319. The first-order valence-corrected chi connectivity index (χ1v) is 6.92. The van der Waals surface area contributed by atoms with Crippen molar-refractivity contribution in [3.63, 3.8) is 0 Å². The van der Waals surface area contributed by atoms with Gasteiger partial charge in [-0.25, -0.2) is 4.98 Å². The molecule has 2 aromatic heterocycles. The summed E-state index contributed by atoms with van der Waals surface area (Å²) in [6.07, 6.45) is 4.70. The normalized spacial score (nSPS) is 10.6. The van der Waals surface area contributed by atoms with Crippen LogP contribution < -0.4 is 10.1 Å². The number of aryl methyl sites for hydroxylation is 1. The lowest BCUT2D eigenvalue weighted by atomic mass is 10.4. The maximum Gasteiger partial charge on any atom is 0.321 e. The molecule has 0 radical (unpaired) electrons. The average molecular weight is 276 g/mol. The van der Waals surface area contributed by atoms with Crippen molar-refractivity contribution in [2.24, 2.45) is 0 Å². The van der Waals surface area contributed by atoms with Crippen molar-refractivity contribution in [3.05, 3.63) is 12.4 Å². The molecular formula is C13H20N6O. The lowest BCUT2D eigenvalue weighted by Crippen LogP contribution is -2.09. The molecule has 0 aliphatic carbocycles. The van der Waals surface area contributed by atoms with Gasteiger partial charge in [0, 0.05) is 25.5 Å². The molecule has 7 heteroatoms. The van der Waals surface area contributed by atoms with Crippen LogP contribution in [0.2, 0.25) is 0 Å². The van der Waals surface area contributed by atoms with Gasteiger partial charge in [0.1, 0.15) is 0 Å². The van der Waals surface area contributed by atoms with E-state index < -0.39 is 0 Å². The van der Waals surface area contributed by atoms with Crippen molar-refractivity contribution in [3.8, 4) is 17.7 Å². The molecule has 0 aliphatic heterocycles. The standard InChI is InChI=1S/C13H20N6O/c1-4-8-19-9-7-15-11(19)10-16-12(14-5-2)18-13(17-10)20-6-3/h7,9H,4-6,8H2,1-3H3,(H,14,16,17,18). The SMILES string of the molecule is CCCn1ccnc1-c1nc(NCC)nc(OCC)n1. The first-order valence-electron chi connectivity index (χ1n) is 6.92. The number of ether oxygens (including phenoxy) is 1. The molecule has 0 aliphatic rings. The third kappa shape index (κ3) is 3.23. The highest BCUT2D eigenvalue weighted by molar-refractivity contribution is 5.47. The molecule has 0 saturated heterocycles. The van der Waals surface area contributed by atoms with Gasteiger partial charge in [0.15, 0.2) is 5.82 Å². The monoisotopic (exact) mass is 276 g/mol. The summed E-state index contributed by atoms with van der Waals surface area (Å²) in [6.45, 7) is 8.13. The topological polar surface area (TPSA) is 77.8 Å². The minimum Gasteiger partial charge on any atom is -0.464 e. The van der Waals surface area contributed by atoms with Crippen molar-refractivity contribution >= 4 is 5.95 Å². The van der Waals surface area contributed by atoms with Crippen LogP contribution >= 0.6 is 0 Å². The van der Waals surface area contributed by atoms with E-state index in [-0.39, 0.29) is 0 Å². The molecular weight excluding hydrogens is 256 g/mol. The number of aromatic nitrogens is 5. The number of nitrogens with one attached hydrogen (secondary N) is 1. The first-order chi connectivity index (χ1) is 9.78. The van der Waals surface area contributed by atoms with Crippen molar-refractivity contribution in [2.45, 2.75) is 33.7 Å². The van der Waals surface area contributed by atoms with Crippen LogP contribution in [-0.2, 0) is 6.54 Å². The molecule has 0 aromatic carbocycles. The van der Waals surface area contributed by atoms with E-state index in [2.05, 4.69) is 32.2 Å². The third-order valence-electron chi connectivity index (χ3n) is 2.60. The highest BCUT2D eigenvalue weighted by Gasteiger charge is 2.13. The predicted octanol–water partition coefficient (Wildman–Crippen LogP) is 1.98. The number of nitrogens with zero attached hydrogens (tertiary/aromatic N) is 5. The Morgan fingerprint density at radius 1 is 1.20 bits per heavy atom. The van der Waals surface area contributed by atoms with Crippen LogP contribution in [0.15, 0.2) is 12.4 Å². The van der Waals surface area contributed by atoms with E-state index in [0.29, 0.717) is 24.4 Å². The van der Waals surface area contributed by atoms with Gasteiger partial charge in [-0.3, -0.25) is 0 Å². The number of imidazole rings is 1. The summed E-state index contributed by atoms with van der Waals surface area (Å²) in [5.74, 6) is 1.76. The van der Waals surface area contributed by atoms with E-state index in [9.17, 15) is 0 Å². The molecule has 1 N–H and O–H groups in total. The zero-order chi connectivity index (χ0) is 14.4. The molecule has 2 rings (SSSR count). The number of hydrogen-bond acceptors (Lipinski definition) is 6. The lowest BCUT2D eigenvalue weighted by Gasteiger charge is -2.09. The summed E-state index contributed by atoms with van der Waals surface area (Å²) in [5, 5.41) is 3.08. The maximum absolute atomic E-state index is 5.39. The quantitative estimate of drug-likeness (QED) is 0.833. The summed E-state index contributed by atoms with van der Waals surface area (Å²) in [4.78, 5) is 17.3. The van der Waals surface area contributed by atoms with Crippen LogP contribution in [0.4, 0.5) is 5.95 Å². The van der Waals surface area contributed by atoms with Gasteiger partial charge in [0.05, 0.1) is 6.61 Å². The van der Waals surface area contributed by atoms with Gasteiger partial charge in [-0.2, -0.15) is 15.0 Å². The second-order valence-electron chi connectivity index (χ2n) is 4.17. The number of rotatable bonds is 7. The second kappa shape index (κ2) is 6.83. The molecule has 0 spiro atoms. The zero-order valence-electron chi connectivity index (χ0n) is 12.1. The summed E-state index contributed by atoms with van der Waals surface area (Å²) in [6, 6.07) is 0.319. The van der Waals surface area contributed by atoms with Gasteiger partial charge >= 0.3 is 6.01 Å². The van der Waals surface area contributed by atoms with Gasteiger partial charge in [0.25, 0.3) is 0 Å². The first kappa shape index (κ1) is 14.2. The Morgan fingerprint density at radius 2 is 2.05 bits per heavy atom. The molecule has 2 heterocycles. The molecule has 20 heavy (non-hydrogen) atoms. The Balaban J connectivity index is 2.40. The molecule has 108 valence electrons. The van der Waals surface area contributed by atoms with Crippen LogP contribution in [-0.4, -0.2) is 37.7 Å².